The Balaban J connectivity index is 1.91. The van der Waals surface area contributed by atoms with Crippen LogP contribution in [0.15, 0.2) is 24.0 Å². The summed E-state index contributed by atoms with van der Waals surface area (Å²) >= 11 is 0. The zero-order valence-corrected chi connectivity index (χ0v) is 9.45. The van der Waals surface area contributed by atoms with Crippen molar-refractivity contribution in [2.24, 2.45) is 11.3 Å². The molecule has 2 rings (SSSR count). The van der Waals surface area contributed by atoms with E-state index in [4.69, 9.17) is 4.74 Å². The lowest BCUT2D eigenvalue weighted by Crippen LogP contribution is -2.05. The van der Waals surface area contributed by atoms with Gasteiger partial charge in [-0.2, -0.15) is 0 Å². The average Bonchev–Trinajstić information content (AvgIpc) is 2.77. The molecule has 0 heterocycles. The fraction of sp³-hybridized carbons (Fsp3) is 0.615. The molecule has 2 atom stereocenters. The second-order valence-corrected chi connectivity index (χ2v) is 4.83. The predicted octanol–water partition coefficient (Wildman–Crippen LogP) is 3.20. The molecule has 2 heteroatoms. The molecule has 0 bridgehead atoms. The van der Waals surface area contributed by atoms with Crippen LogP contribution in [0.5, 0.6) is 0 Å². The standard InChI is InChI=1S/C13H18O2/c1-10-4-3-6-13(8-10)9-12(13)5-7-15-11(2)14/h5,7-8,12H,3-4,6,9H2,1-2H3/b7-5-/t12-,13-/m1/s1. The number of hydrogen-bond donors (Lipinski definition) is 0. The summed E-state index contributed by atoms with van der Waals surface area (Å²) in [4.78, 5) is 10.6. The highest BCUT2D eigenvalue weighted by Gasteiger charge is 2.51. The van der Waals surface area contributed by atoms with E-state index < -0.39 is 0 Å². The number of carbonyl (C=O) groups excluding carboxylic acids is 1. The highest BCUT2D eigenvalue weighted by molar-refractivity contribution is 5.66. The van der Waals surface area contributed by atoms with Gasteiger partial charge in [-0.15, -0.1) is 0 Å². The molecule has 2 aliphatic rings. The van der Waals surface area contributed by atoms with E-state index in [1.165, 1.54) is 38.2 Å². The Labute approximate surface area is 91.0 Å². The normalized spacial score (nSPS) is 34.3. The van der Waals surface area contributed by atoms with Crippen LogP contribution < -0.4 is 0 Å². The monoisotopic (exact) mass is 206 g/mol. The Morgan fingerprint density at radius 1 is 1.67 bits per heavy atom. The van der Waals surface area contributed by atoms with Crippen molar-refractivity contribution in [1.29, 1.82) is 0 Å². The predicted molar refractivity (Wildman–Crippen MR) is 59.1 cm³/mol. The van der Waals surface area contributed by atoms with E-state index in [1.807, 2.05) is 6.08 Å². The highest BCUT2D eigenvalue weighted by Crippen LogP contribution is 2.60. The van der Waals surface area contributed by atoms with Crippen molar-refractivity contribution in [2.75, 3.05) is 0 Å². The molecule has 82 valence electrons. The maximum Gasteiger partial charge on any atom is 0.307 e. The molecule has 0 aliphatic heterocycles. The van der Waals surface area contributed by atoms with Crippen LogP contribution in [0.3, 0.4) is 0 Å². The Hall–Kier alpha value is -1.05. The van der Waals surface area contributed by atoms with Crippen molar-refractivity contribution in [1.82, 2.24) is 0 Å². The zero-order valence-electron chi connectivity index (χ0n) is 9.45. The molecule has 1 saturated carbocycles. The van der Waals surface area contributed by atoms with Crippen molar-refractivity contribution < 1.29 is 9.53 Å². The van der Waals surface area contributed by atoms with Gasteiger partial charge in [-0.25, -0.2) is 0 Å². The SMILES string of the molecule is CC(=O)O/C=C\[C@@H]1C[C@@]12C=C(C)CCC2. The van der Waals surface area contributed by atoms with Gasteiger partial charge in [0.1, 0.15) is 0 Å². The van der Waals surface area contributed by atoms with E-state index >= 15 is 0 Å². The smallest absolute Gasteiger partial charge is 0.307 e. The minimum absolute atomic E-state index is 0.240. The van der Waals surface area contributed by atoms with Crippen molar-refractivity contribution in [2.45, 2.75) is 39.5 Å². The fourth-order valence-corrected chi connectivity index (χ4v) is 2.62. The second kappa shape index (κ2) is 3.84. The first-order valence-corrected chi connectivity index (χ1v) is 5.65. The molecule has 2 aliphatic carbocycles. The third kappa shape index (κ3) is 2.31. The van der Waals surface area contributed by atoms with Gasteiger partial charge in [-0.05, 0) is 50.0 Å². The van der Waals surface area contributed by atoms with E-state index in [9.17, 15) is 4.79 Å². The third-order valence-electron chi connectivity index (χ3n) is 3.47. The first kappa shape index (κ1) is 10.5. The van der Waals surface area contributed by atoms with Gasteiger partial charge in [0, 0.05) is 6.92 Å². The van der Waals surface area contributed by atoms with Crippen molar-refractivity contribution in [3.05, 3.63) is 24.0 Å². The van der Waals surface area contributed by atoms with Crippen LogP contribution in [-0.4, -0.2) is 5.97 Å². The lowest BCUT2D eigenvalue weighted by atomic mass is 9.87. The topological polar surface area (TPSA) is 26.3 Å². The number of esters is 1. The Kier molecular flexibility index (Phi) is 2.68. The van der Waals surface area contributed by atoms with E-state index in [-0.39, 0.29) is 5.97 Å². The minimum Gasteiger partial charge on any atom is -0.435 e. The summed E-state index contributed by atoms with van der Waals surface area (Å²) in [6.07, 6.45) is 11.1. The molecule has 0 unspecified atom stereocenters. The lowest BCUT2D eigenvalue weighted by molar-refractivity contribution is -0.135. The Morgan fingerprint density at radius 3 is 3.13 bits per heavy atom. The summed E-state index contributed by atoms with van der Waals surface area (Å²) < 4.78 is 4.81. The van der Waals surface area contributed by atoms with Crippen LogP contribution in [0.4, 0.5) is 0 Å². The third-order valence-corrected chi connectivity index (χ3v) is 3.47. The maximum atomic E-state index is 10.6. The lowest BCUT2D eigenvalue weighted by Gasteiger charge is -2.19. The minimum atomic E-state index is -0.240. The number of ether oxygens (including phenoxy) is 1. The van der Waals surface area contributed by atoms with Gasteiger partial charge in [-0.3, -0.25) is 4.79 Å². The summed E-state index contributed by atoms with van der Waals surface area (Å²) in [5.74, 6) is 0.350. The number of hydrogen-bond acceptors (Lipinski definition) is 2. The summed E-state index contributed by atoms with van der Waals surface area (Å²) in [7, 11) is 0. The molecule has 0 N–H and O–H groups in total. The average molecular weight is 206 g/mol. The van der Waals surface area contributed by atoms with Crippen LogP contribution >= 0.6 is 0 Å². The van der Waals surface area contributed by atoms with Gasteiger partial charge in [0.25, 0.3) is 0 Å². The number of carbonyl (C=O) groups is 1. The van der Waals surface area contributed by atoms with Crippen LogP contribution in [0, 0.1) is 11.3 Å². The molecule has 0 aromatic heterocycles. The molecule has 1 fully saturated rings. The number of allylic oxidation sites excluding steroid dienone is 3. The largest absolute Gasteiger partial charge is 0.435 e. The molecule has 2 nitrogen and oxygen atoms in total. The van der Waals surface area contributed by atoms with Gasteiger partial charge >= 0.3 is 5.97 Å². The number of rotatable bonds is 2. The highest BCUT2D eigenvalue weighted by atomic mass is 16.5. The fourth-order valence-electron chi connectivity index (χ4n) is 2.62. The van der Waals surface area contributed by atoms with E-state index in [0.717, 1.165) is 0 Å². The van der Waals surface area contributed by atoms with Gasteiger partial charge in [0.05, 0.1) is 6.26 Å². The quantitative estimate of drug-likeness (QED) is 0.394. The van der Waals surface area contributed by atoms with Gasteiger partial charge in [0.15, 0.2) is 0 Å². The Morgan fingerprint density at radius 2 is 2.47 bits per heavy atom. The molecule has 15 heavy (non-hydrogen) atoms. The van der Waals surface area contributed by atoms with E-state index in [1.54, 1.807) is 6.26 Å². The molecular formula is C13H18O2. The summed E-state index contributed by atoms with van der Waals surface area (Å²) in [5, 5.41) is 0. The molecular weight excluding hydrogens is 188 g/mol. The molecule has 0 aromatic rings. The van der Waals surface area contributed by atoms with Crippen molar-refractivity contribution in [3.63, 3.8) is 0 Å². The first-order chi connectivity index (χ1) is 7.12. The van der Waals surface area contributed by atoms with E-state index in [2.05, 4.69) is 13.0 Å². The van der Waals surface area contributed by atoms with Gasteiger partial charge in [-0.1, -0.05) is 11.6 Å². The van der Waals surface area contributed by atoms with Gasteiger partial charge < -0.3 is 4.74 Å². The van der Waals surface area contributed by atoms with E-state index in [0.29, 0.717) is 11.3 Å². The maximum absolute atomic E-state index is 10.6. The summed E-state index contributed by atoms with van der Waals surface area (Å²) in [6.45, 7) is 3.64. The summed E-state index contributed by atoms with van der Waals surface area (Å²) in [5.41, 5.74) is 1.93. The molecule has 0 radical (unpaired) electrons. The van der Waals surface area contributed by atoms with Crippen LogP contribution in [0.2, 0.25) is 0 Å². The Bertz CT molecular complexity index is 327. The van der Waals surface area contributed by atoms with Gasteiger partial charge in [0.2, 0.25) is 0 Å². The van der Waals surface area contributed by atoms with Crippen molar-refractivity contribution >= 4 is 5.97 Å². The van der Waals surface area contributed by atoms with Crippen LogP contribution in [-0.2, 0) is 9.53 Å². The summed E-state index contributed by atoms with van der Waals surface area (Å²) in [6, 6.07) is 0. The second-order valence-electron chi connectivity index (χ2n) is 4.83. The molecule has 1 spiro atoms. The molecule has 0 aromatic carbocycles. The van der Waals surface area contributed by atoms with Crippen molar-refractivity contribution in [3.8, 4) is 0 Å². The molecule has 0 amide bonds. The van der Waals surface area contributed by atoms with Crippen LogP contribution in [0.1, 0.15) is 39.5 Å². The van der Waals surface area contributed by atoms with Crippen LogP contribution in [0.25, 0.3) is 0 Å². The zero-order chi connectivity index (χ0) is 10.9. The molecule has 0 saturated heterocycles. The first-order valence-electron chi connectivity index (χ1n) is 5.65.